The highest BCUT2D eigenvalue weighted by Gasteiger charge is 2.34. The van der Waals surface area contributed by atoms with E-state index in [1.165, 1.54) is 15.9 Å². The molecule has 0 saturated heterocycles. The number of fused-ring (bicyclic) bond motifs is 1. The number of esters is 1. The van der Waals surface area contributed by atoms with Gasteiger partial charge in [-0.3, -0.25) is 9.36 Å². The van der Waals surface area contributed by atoms with E-state index in [9.17, 15) is 9.59 Å². The fourth-order valence-electron chi connectivity index (χ4n) is 3.73. The Bertz CT molecular complexity index is 1400. The molecule has 0 spiro atoms. The summed E-state index contributed by atoms with van der Waals surface area (Å²) < 4.78 is 12.9. The fraction of sp³-hybridized carbons (Fsp3) is 0.208. The third-order valence-electron chi connectivity index (χ3n) is 5.10. The molecule has 0 bridgehead atoms. The third kappa shape index (κ3) is 4.01. The maximum absolute atomic E-state index is 13.6. The lowest BCUT2D eigenvalue weighted by Gasteiger charge is -2.25. The summed E-state index contributed by atoms with van der Waals surface area (Å²) in [6.07, 6.45) is 1.78. The number of hydrogen-bond acceptors (Lipinski definition) is 6. The van der Waals surface area contributed by atoms with Crippen LogP contribution in [0.2, 0.25) is 5.02 Å². The average molecular weight is 469 g/mol. The molecule has 164 valence electrons. The molecule has 0 unspecified atom stereocenters. The van der Waals surface area contributed by atoms with E-state index in [1.807, 2.05) is 30.3 Å². The number of rotatable bonds is 5. The van der Waals surface area contributed by atoms with Gasteiger partial charge >= 0.3 is 5.97 Å². The largest absolute Gasteiger partial charge is 0.496 e. The van der Waals surface area contributed by atoms with Gasteiger partial charge in [0.25, 0.3) is 5.56 Å². The summed E-state index contributed by atoms with van der Waals surface area (Å²) in [5.41, 5.74) is 2.06. The lowest BCUT2D eigenvalue weighted by molar-refractivity contribution is -0.139. The van der Waals surface area contributed by atoms with Crippen LogP contribution < -0.4 is 19.6 Å². The van der Waals surface area contributed by atoms with E-state index in [0.717, 1.165) is 5.56 Å². The van der Waals surface area contributed by atoms with Crippen LogP contribution in [0.1, 0.15) is 31.0 Å². The van der Waals surface area contributed by atoms with Crippen molar-refractivity contribution in [1.82, 2.24) is 4.57 Å². The molecule has 0 radical (unpaired) electrons. The molecule has 0 amide bonds. The summed E-state index contributed by atoms with van der Waals surface area (Å²) in [6.45, 7) is 3.71. The van der Waals surface area contributed by atoms with Crippen LogP contribution in [0.5, 0.6) is 5.75 Å². The average Bonchev–Trinajstić information content (AvgIpc) is 3.07. The summed E-state index contributed by atoms with van der Waals surface area (Å²) in [5.74, 6) is 0.0622. The van der Waals surface area contributed by atoms with Crippen molar-refractivity contribution < 1.29 is 14.3 Å². The monoisotopic (exact) mass is 468 g/mol. The SMILES string of the molecule is CCOC(=O)C1=C(C)N=c2s/c(=C\c3cccc(Cl)c3)c(=O)n2[C@@H]1c1ccccc1OC. The molecule has 3 aromatic rings. The zero-order chi connectivity index (χ0) is 22.8. The van der Waals surface area contributed by atoms with E-state index in [1.54, 1.807) is 45.2 Å². The highest BCUT2D eigenvalue weighted by Crippen LogP contribution is 2.35. The van der Waals surface area contributed by atoms with Gasteiger partial charge < -0.3 is 9.47 Å². The molecule has 0 fully saturated rings. The molecule has 6 nitrogen and oxygen atoms in total. The molecule has 8 heteroatoms. The number of aromatic nitrogens is 1. The van der Waals surface area contributed by atoms with Crippen LogP contribution in [0.3, 0.4) is 0 Å². The molecule has 1 aliphatic heterocycles. The molecular weight excluding hydrogens is 448 g/mol. The number of nitrogens with zero attached hydrogens (tertiary/aromatic N) is 2. The molecule has 0 aliphatic carbocycles. The van der Waals surface area contributed by atoms with Crippen molar-refractivity contribution >= 4 is 35.0 Å². The normalized spacial score (nSPS) is 15.9. The Morgan fingerprint density at radius 1 is 1.25 bits per heavy atom. The lowest BCUT2D eigenvalue weighted by Crippen LogP contribution is -2.40. The minimum absolute atomic E-state index is 0.216. The summed E-state index contributed by atoms with van der Waals surface area (Å²) in [5, 5.41) is 0.582. The number of carbonyl (C=O) groups excluding carboxylic acids is 1. The predicted octanol–water partition coefficient (Wildman–Crippen LogP) is 3.46. The molecule has 1 aromatic heterocycles. The van der Waals surface area contributed by atoms with Gasteiger partial charge in [-0.15, -0.1) is 0 Å². The lowest BCUT2D eigenvalue weighted by atomic mass is 9.95. The number of thiazole rings is 1. The standard InChI is InChI=1S/C24H21ClN2O4S/c1-4-31-23(29)20-14(2)26-24-27(21(20)17-10-5-6-11-18(17)30-3)22(28)19(32-24)13-15-8-7-9-16(25)12-15/h5-13,21H,4H2,1-3H3/b19-13-/t21-/m1/s1. The molecular formula is C24H21ClN2O4S. The number of allylic oxidation sites excluding steroid dienone is 1. The van der Waals surface area contributed by atoms with Crippen LogP contribution in [-0.2, 0) is 9.53 Å². The van der Waals surface area contributed by atoms with E-state index in [2.05, 4.69) is 4.99 Å². The zero-order valence-electron chi connectivity index (χ0n) is 17.8. The van der Waals surface area contributed by atoms with Gasteiger partial charge in [-0.05, 0) is 43.7 Å². The van der Waals surface area contributed by atoms with Gasteiger partial charge in [-0.1, -0.05) is 53.3 Å². The minimum Gasteiger partial charge on any atom is -0.496 e. The number of para-hydroxylation sites is 1. The molecule has 2 heterocycles. The summed E-state index contributed by atoms with van der Waals surface area (Å²) in [7, 11) is 1.56. The van der Waals surface area contributed by atoms with Crippen molar-refractivity contribution in [2.45, 2.75) is 19.9 Å². The first-order valence-electron chi connectivity index (χ1n) is 10.0. The molecule has 1 atom stereocenters. The zero-order valence-corrected chi connectivity index (χ0v) is 19.4. The molecule has 32 heavy (non-hydrogen) atoms. The van der Waals surface area contributed by atoms with Crippen LogP contribution in [0.4, 0.5) is 0 Å². The van der Waals surface area contributed by atoms with Crippen LogP contribution >= 0.6 is 22.9 Å². The molecule has 1 aliphatic rings. The van der Waals surface area contributed by atoms with Crippen LogP contribution in [-0.4, -0.2) is 24.3 Å². The highest BCUT2D eigenvalue weighted by molar-refractivity contribution is 7.07. The van der Waals surface area contributed by atoms with Crippen molar-refractivity contribution in [2.24, 2.45) is 4.99 Å². The quantitative estimate of drug-likeness (QED) is 0.538. The first kappa shape index (κ1) is 22.0. The topological polar surface area (TPSA) is 69.9 Å². The van der Waals surface area contributed by atoms with Gasteiger partial charge in [-0.25, -0.2) is 9.79 Å². The van der Waals surface area contributed by atoms with Crippen molar-refractivity contribution in [3.8, 4) is 5.75 Å². The molecule has 2 aromatic carbocycles. The maximum Gasteiger partial charge on any atom is 0.338 e. The van der Waals surface area contributed by atoms with Crippen molar-refractivity contribution in [2.75, 3.05) is 13.7 Å². The summed E-state index contributed by atoms with van der Waals surface area (Å²) in [6, 6.07) is 13.9. The van der Waals surface area contributed by atoms with E-state index >= 15 is 0 Å². The maximum atomic E-state index is 13.6. The summed E-state index contributed by atoms with van der Waals surface area (Å²) in [4.78, 5) is 31.6. The minimum atomic E-state index is -0.719. The van der Waals surface area contributed by atoms with Gasteiger partial charge in [0.2, 0.25) is 0 Å². The highest BCUT2D eigenvalue weighted by atomic mass is 35.5. The van der Waals surface area contributed by atoms with Crippen molar-refractivity contribution in [3.05, 3.63) is 95.6 Å². The number of hydrogen-bond donors (Lipinski definition) is 0. The second kappa shape index (κ2) is 9.14. The first-order chi connectivity index (χ1) is 15.4. The number of halogens is 1. The van der Waals surface area contributed by atoms with Crippen molar-refractivity contribution in [1.29, 1.82) is 0 Å². The smallest absolute Gasteiger partial charge is 0.338 e. The Morgan fingerprint density at radius 3 is 2.75 bits per heavy atom. The van der Waals surface area contributed by atoms with E-state index < -0.39 is 12.0 Å². The number of carbonyl (C=O) groups is 1. The van der Waals surface area contributed by atoms with Crippen molar-refractivity contribution in [3.63, 3.8) is 0 Å². The van der Waals surface area contributed by atoms with E-state index in [-0.39, 0.29) is 12.2 Å². The first-order valence-corrected chi connectivity index (χ1v) is 11.2. The Labute approximate surface area is 193 Å². The Morgan fingerprint density at radius 2 is 2.03 bits per heavy atom. The van der Waals surface area contributed by atoms with E-state index in [4.69, 9.17) is 21.1 Å². The number of benzene rings is 2. The van der Waals surface area contributed by atoms with E-state index in [0.29, 0.717) is 36.9 Å². The van der Waals surface area contributed by atoms with Crippen LogP contribution in [0.15, 0.2) is 69.6 Å². The van der Waals surface area contributed by atoms with Gasteiger partial charge in [-0.2, -0.15) is 0 Å². The van der Waals surface area contributed by atoms with Crippen LogP contribution in [0, 0.1) is 0 Å². The second-order valence-corrected chi connectivity index (χ2v) is 8.54. The Hall–Kier alpha value is -3.16. The number of ether oxygens (including phenoxy) is 2. The van der Waals surface area contributed by atoms with Gasteiger partial charge in [0.1, 0.15) is 11.8 Å². The van der Waals surface area contributed by atoms with Crippen LogP contribution in [0.25, 0.3) is 6.08 Å². The molecule has 0 N–H and O–H groups in total. The Balaban J connectivity index is 2.00. The Kier molecular flexibility index (Phi) is 6.30. The second-order valence-electron chi connectivity index (χ2n) is 7.10. The summed E-state index contributed by atoms with van der Waals surface area (Å²) >= 11 is 7.36. The number of methoxy groups -OCH3 is 1. The van der Waals surface area contributed by atoms with Gasteiger partial charge in [0, 0.05) is 10.6 Å². The fourth-order valence-corrected chi connectivity index (χ4v) is 4.97. The van der Waals surface area contributed by atoms with Gasteiger partial charge in [0.15, 0.2) is 4.80 Å². The predicted molar refractivity (Wildman–Crippen MR) is 125 cm³/mol. The van der Waals surface area contributed by atoms with Gasteiger partial charge in [0.05, 0.1) is 29.5 Å². The molecule has 0 saturated carbocycles. The molecule has 4 rings (SSSR count). The third-order valence-corrected chi connectivity index (χ3v) is 6.32.